The van der Waals surface area contributed by atoms with Gasteiger partial charge in [0, 0.05) is 0 Å². The number of aliphatic hydroxyl groups is 6. The molecular weight excluding hydrogens is 288 g/mol. The van der Waals surface area contributed by atoms with Crippen LogP contribution in [0.25, 0.3) is 0 Å². The van der Waals surface area contributed by atoms with Gasteiger partial charge in [-0.2, -0.15) is 0 Å². The third kappa shape index (κ3) is 5.80. The third-order valence-corrected chi connectivity index (χ3v) is 3.14. The number of carboxylic acids is 1. The first-order valence-corrected chi connectivity index (χ1v) is 6.42. The molecule has 0 aromatic heterocycles. The van der Waals surface area contributed by atoms with Crippen LogP contribution in [0.3, 0.4) is 0 Å². The summed E-state index contributed by atoms with van der Waals surface area (Å²) in [4.78, 5) is 10.0. The van der Waals surface area contributed by atoms with E-state index in [1.165, 1.54) is 0 Å². The number of hydrogen-bond donors (Lipinski definition) is 9. The summed E-state index contributed by atoms with van der Waals surface area (Å²) in [6.45, 7) is 0.501. The molecular formula is C11H24N2O8. The van der Waals surface area contributed by atoms with Crippen LogP contribution in [0.2, 0.25) is 0 Å². The van der Waals surface area contributed by atoms with Crippen LogP contribution in [0.4, 0.5) is 0 Å². The first-order chi connectivity index (χ1) is 9.64. The number of rotatable bonds is 4. The van der Waals surface area contributed by atoms with Gasteiger partial charge in [-0.25, -0.2) is 0 Å². The maximum atomic E-state index is 10.0. The normalized spacial score (nSPS) is 37.3. The monoisotopic (exact) mass is 312 g/mol. The minimum Gasteiger partial charge on any atom is -0.480 e. The SMILES string of the molecule is NCCC[C@H](N)C(=O)O.O[C@H]1[C@H](O)[C@@H](O)[C@H](O)[C@@H](O)[C@H]1O. The van der Waals surface area contributed by atoms with Gasteiger partial charge < -0.3 is 47.2 Å². The highest BCUT2D eigenvalue weighted by Gasteiger charge is 2.47. The zero-order valence-corrected chi connectivity index (χ0v) is 11.4. The van der Waals surface area contributed by atoms with E-state index in [0.717, 1.165) is 0 Å². The Morgan fingerprint density at radius 2 is 1.14 bits per heavy atom. The van der Waals surface area contributed by atoms with E-state index >= 15 is 0 Å². The molecule has 1 aliphatic rings. The summed E-state index contributed by atoms with van der Waals surface area (Å²) in [7, 11) is 0. The Labute approximate surface area is 121 Å². The van der Waals surface area contributed by atoms with Crippen molar-refractivity contribution < 1.29 is 40.5 Å². The van der Waals surface area contributed by atoms with Crippen molar-refractivity contribution in [2.24, 2.45) is 11.5 Å². The summed E-state index contributed by atoms with van der Waals surface area (Å²) in [5.74, 6) is -0.955. The van der Waals surface area contributed by atoms with Gasteiger partial charge in [0.05, 0.1) is 0 Å². The molecule has 0 heterocycles. The highest BCUT2D eigenvalue weighted by molar-refractivity contribution is 5.72. The number of aliphatic hydroxyl groups excluding tert-OH is 6. The fourth-order valence-corrected chi connectivity index (χ4v) is 1.67. The van der Waals surface area contributed by atoms with E-state index in [2.05, 4.69) is 0 Å². The van der Waals surface area contributed by atoms with E-state index in [9.17, 15) is 4.79 Å². The van der Waals surface area contributed by atoms with Crippen LogP contribution in [0.15, 0.2) is 0 Å². The Morgan fingerprint density at radius 3 is 1.33 bits per heavy atom. The molecule has 21 heavy (non-hydrogen) atoms. The van der Waals surface area contributed by atoms with Crippen LogP contribution < -0.4 is 11.5 Å². The molecule has 1 atom stereocenters. The van der Waals surface area contributed by atoms with Gasteiger partial charge in [0.1, 0.15) is 42.7 Å². The fraction of sp³-hybridized carbons (Fsp3) is 0.909. The first kappa shape index (κ1) is 20.1. The summed E-state index contributed by atoms with van der Waals surface area (Å²) in [5.41, 5.74) is 10.3. The molecule has 0 unspecified atom stereocenters. The van der Waals surface area contributed by atoms with Crippen LogP contribution in [-0.4, -0.2) is 90.9 Å². The van der Waals surface area contributed by atoms with Crippen molar-refractivity contribution in [1.29, 1.82) is 0 Å². The second kappa shape index (κ2) is 9.23. The molecule has 1 saturated carbocycles. The Kier molecular flexibility index (Phi) is 8.85. The average molecular weight is 312 g/mol. The Bertz CT molecular complexity index is 260. The molecule has 0 aromatic rings. The van der Waals surface area contributed by atoms with Crippen molar-refractivity contribution in [2.45, 2.75) is 55.5 Å². The van der Waals surface area contributed by atoms with Crippen molar-refractivity contribution in [3.8, 4) is 0 Å². The molecule has 0 aromatic carbocycles. The van der Waals surface area contributed by atoms with Crippen LogP contribution in [-0.2, 0) is 4.79 Å². The van der Waals surface area contributed by atoms with Crippen molar-refractivity contribution in [3.63, 3.8) is 0 Å². The zero-order chi connectivity index (χ0) is 16.7. The molecule has 1 aliphatic carbocycles. The van der Waals surface area contributed by atoms with Gasteiger partial charge in [-0.1, -0.05) is 0 Å². The van der Waals surface area contributed by atoms with Crippen LogP contribution in [0, 0.1) is 0 Å². The van der Waals surface area contributed by atoms with Gasteiger partial charge in [0.25, 0.3) is 0 Å². The predicted octanol–water partition coefficient (Wildman–Crippen LogP) is -4.70. The lowest BCUT2D eigenvalue weighted by Crippen LogP contribution is -2.63. The Morgan fingerprint density at radius 1 is 0.857 bits per heavy atom. The minimum absolute atomic E-state index is 0.464. The van der Waals surface area contributed by atoms with Gasteiger partial charge in [-0.3, -0.25) is 4.79 Å². The molecule has 1 rings (SSSR count). The summed E-state index contributed by atoms with van der Waals surface area (Å²) < 4.78 is 0. The highest BCUT2D eigenvalue weighted by Crippen LogP contribution is 2.20. The first-order valence-electron chi connectivity index (χ1n) is 6.42. The van der Waals surface area contributed by atoms with Gasteiger partial charge in [-0.05, 0) is 19.4 Å². The number of nitrogens with two attached hydrogens (primary N) is 2. The van der Waals surface area contributed by atoms with E-state index in [1.54, 1.807) is 0 Å². The van der Waals surface area contributed by atoms with Gasteiger partial charge >= 0.3 is 5.97 Å². The van der Waals surface area contributed by atoms with E-state index in [-0.39, 0.29) is 0 Å². The summed E-state index contributed by atoms with van der Waals surface area (Å²) in [5, 5.41) is 62.1. The Balaban J connectivity index is 0.000000400. The van der Waals surface area contributed by atoms with Gasteiger partial charge in [-0.15, -0.1) is 0 Å². The lowest BCUT2D eigenvalue weighted by molar-refractivity contribution is -0.223. The van der Waals surface area contributed by atoms with Crippen molar-refractivity contribution in [3.05, 3.63) is 0 Å². The maximum absolute atomic E-state index is 10.0. The molecule has 126 valence electrons. The van der Waals surface area contributed by atoms with Crippen LogP contribution in [0.5, 0.6) is 0 Å². The van der Waals surface area contributed by atoms with E-state index < -0.39 is 48.6 Å². The summed E-state index contributed by atoms with van der Waals surface area (Å²) in [6.07, 6.45) is -8.70. The molecule has 0 spiro atoms. The van der Waals surface area contributed by atoms with Gasteiger partial charge in [0.15, 0.2) is 0 Å². The highest BCUT2D eigenvalue weighted by atomic mass is 16.4. The van der Waals surface area contributed by atoms with Crippen molar-refractivity contribution >= 4 is 5.97 Å². The molecule has 0 bridgehead atoms. The number of carboxylic acid groups (broad SMARTS) is 1. The van der Waals surface area contributed by atoms with Crippen LogP contribution >= 0.6 is 0 Å². The fourth-order valence-electron chi connectivity index (χ4n) is 1.67. The smallest absolute Gasteiger partial charge is 0.320 e. The van der Waals surface area contributed by atoms with E-state index in [4.69, 9.17) is 47.2 Å². The molecule has 11 N–H and O–H groups in total. The summed E-state index contributed by atoms with van der Waals surface area (Å²) >= 11 is 0. The number of hydrogen-bond acceptors (Lipinski definition) is 9. The lowest BCUT2D eigenvalue weighted by atomic mass is 9.85. The number of aliphatic carboxylic acids is 1. The summed E-state index contributed by atoms with van der Waals surface area (Å²) in [6, 6.07) is -0.742. The number of carbonyl (C=O) groups is 1. The molecule has 0 aliphatic heterocycles. The third-order valence-electron chi connectivity index (χ3n) is 3.14. The second-order valence-corrected chi connectivity index (χ2v) is 4.82. The predicted molar refractivity (Wildman–Crippen MR) is 69.9 cm³/mol. The maximum Gasteiger partial charge on any atom is 0.320 e. The molecule has 10 nitrogen and oxygen atoms in total. The van der Waals surface area contributed by atoms with Crippen LogP contribution in [0.1, 0.15) is 12.8 Å². The quantitative estimate of drug-likeness (QED) is 0.242. The topological polar surface area (TPSA) is 211 Å². The van der Waals surface area contributed by atoms with Crippen molar-refractivity contribution in [2.75, 3.05) is 6.54 Å². The average Bonchev–Trinajstić information content (AvgIpc) is 2.47. The molecule has 0 radical (unpaired) electrons. The second-order valence-electron chi connectivity index (χ2n) is 4.82. The molecule has 10 heteroatoms. The molecule has 0 amide bonds. The lowest BCUT2D eigenvalue weighted by Gasteiger charge is -2.39. The van der Waals surface area contributed by atoms with Crippen molar-refractivity contribution in [1.82, 2.24) is 0 Å². The minimum atomic E-state index is -1.64. The van der Waals surface area contributed by atoms with Gasteiger partial charge in [0.2, 0.25) is 0 Å². The molecule has 0 saturated heterocycles. The van der Waals surface area contributed by atoms with E-state index in [1.807, 2.05) is 0 Å². The molecule has 1 fully saturated rings. The Hall–Kier alpha value is -0.850. The largest absolute Gasteiger partial charge is 0.480 e. The van der Waals surface area contributed by atoms with E-state index in [0.29, 0.717) is 19.4 Å². The zero-order valence-electron chi connectivity index (χ0n) is 11.4. The standard InChI is InChI=1S/C6H12O6.C5H12N2O2/c7-1-2(8)4(10)6(12)5(11)3(1)9;6-3-1-2-4(7)5(8)9/h1-12H;4H,1-3,6-7H2,(H,8,9)/t1-,2-,3-,4+,5-,6-;4-/m.0/s1.